The number of benzene rings is 2. The maximum Gasteiger partial charge on any atom is 0.262 e. The van der Waals surface area contributed by atoms with Crippen molar-refractivity contribution >= 4 is 23.0 Å². The van der Waals surface area contributed by atoms with Crippen LogP contribution < -0.4 is 14.8 Å². The van der Waals surface area contributed by atoms with Crippen LogP contribution in [0, 0.1) is 0 Å². The predicted octanol–water partition coefficient (Wildman–Crippen LogP) is 3.02. The second kappa shape index (κ2) is 8.62. The first kappa shape index (κ1) is 20.0. The number of hydrogen-bond acceptors (Lipinski definition) is 7. The molecule has 2 heterocycles. The number of rotatable bonds is 7. The Kier molecular flexibility index (Phi) is 5.57. The summed E-state index contributed by atoms with van der Waals surface area (Å²) in [6, 6.07) is 15.8. The number of Topliss-reactive ketones (excluding diaryl/α,β-unsaturated/α-hetero) is 1. The van der Waals surface area contributed by atoms with Crippen molar-refractivity contribution in [2.24, 2.45) is 0 Å². The van der Waals surface area contributed by atoms with Crippen LogP contribution >= 0.6 is 0 Å². The van der Waals surface area contributed by atoms with Gasteiger partial charge in [0, 0.05) is 16.8 Å². The van der Waals surface area contributed by atoms with Gasteiger partial charge in [-0.15, -0.1) is 10.2 Å². The molecule has 0 spiro atoms. The highest BCUT2D eigenvalue weighted by atomic mass is 16.5. The Balaban J connectivity index is 1.43. The Bertz CT molecular complexity index is 1270. The number of hydrogen-bond donors (Lipinski definition) is 1. The SMILES string of the molecule is COc1cc(C(C)=O)ccc1OCC(=O)Nc1cccc(-c2ccc3nncn3n2)c1. The number of carbonyl (C=O) groups excluding carboxylic acids is 2. The van der Waals surface area contributed by atoms with E-state index in [1.54, 1.807) is 28.8 Å². The Morgan fingerprint density at radius 1 is 1.06 bits per heavy atom. The highest BCUT2D eigenvalue weighted by Gasteiger charge is 2.11. The maximum atomic E-state index is 12.4. The van der Waals surface area contributed by atoms with Gasteiger partial charge >= 0.3 is 0 Å². The van der Waals surface area contributed by atoms with Crippen molar-refractivity contribution in [1.82, 2.24) is 19.8 Å². The van der Waals surface area contributed by atoms with Gasteiger partial charge in [0.25, 0.3) is 5.91 Å². The molecule has 0 aliphatic heterocycles. The van der Waals surface area contributed by atoms with Gasteiger partial charge in [-0.1, -0.05) is 12.1 Å². The smallest absolute Gasteiger partial charge is 0.262 e. The number of amides is 1. The van der Waals surface area contributed by atoms with Crippen LogP contribution in [0.25, 0.3) is 16.9 Å². The minimum absolute atomic E-state index is 0.0829. The first-order valence-corrected chi connectivity index (χ1v) is 9.42. The summed E-state index contributed by atoms with van der Waals surface area (Å²) < 4.78 is 12.4. The van der Waals surface area contributed by atoms with E-state index in [0.717, 1.165) is 11.3 Å². The lowest BCUT2D eigenvalue weighted by molar-refractivity contribution is -0.118. The van der Waals surface area contributed by atoms with E-state index in [1.165, 1.54) is 20.4 Å². The molecule has 0 radical (unpaired) electrons. The molecule has 156 valence electrons. The third kappa shape index (κ3) is 4.50. The van der Waals surface area contributed by atoms with E-state index in [0.29, 0.717) is 28.4 Å². The average molecular weight is 417 g/mol. The van der Waals surface area contributed by atoms with E-state index < -0.39 is 0 Å². The predicted molar refractivity (Wildman–Crippen MR) is 113 cm³/mol. The number of fused-ring (bicyclic) bond motifs is 1. The van der Waals surface area contributed by atoms with Gasteiger partial charge in [-0.05, 0) is 49.4 Å². The monoisotopic (exact) mass is 417 g/mol. The van der Waals surface area contributed by atoms with Crippen LogP contribution in [0.15, 0.2) is 60.9 Å². The van der Waals surface area contributed by atoms with E-state index in [2.05, 4.69) is 20.6 Å². The zero-order valence-corrected chi connectivity index (χ0v) is 16.9. The number of aromatic nitrogens is 4. The third-order valence-corrected chi connectivity index (χ3v) is 4.53. The summed E-state index contributed by atoms with van der Waals surface area (Å²) in [5.41, 5.74) is 3.31. The number of nitrogens with one attached hydrogen (secondary N) is 1. The molecule has 31 heavy (non-hydrogen) atoms. The van der Waals surface area contributed by atoms with Crippen LogP contribution in [0.2, 0.25) is 0 Å². The number of ketones is 1. The number of nitrogens with zero attached hydrogens (tertiary/aromatic N) is 4. The van der Waals surface area contributed by atoms with Gasteiger partial charge in [0.2, 0.25) is 0 Å². The molecular formula is C22H19N5O4. The molecular weight excluding hydrogens is 398 g/mol. The highest BCUT2D eigenvalue weighted by molar-refractivity contribution is 5.95. The normalized spacial score (nSPS) is 10.6. The van der Waals surface area contributed by atoms with Crippen molar-refractivity contribution in [2.75, 3.05) is 19.0 Å². The summed E-state index contributed by atoms with van der Waals surface area (Å²) in [5, 5.41) is 15.0. The standard InChI is InChI=1S/C22H19N5O4/c1-14(28)15-6-8-19(20(11-15)30-2)31-12-22(29)24-17-5-3-4-16(10-17)18-7-9-21-25-23-13-27(21)26-18/h3-11,13H,12H2,1-2H3,(H,24,29). The topological polar surface area (TPSA) is 108 Å². The highest BCUT2D eigenvalue weighted by Crippen LogP contribution is 2.28. The van der Waals surface area contributed by atoms with Crippen molar-refractivity contribution in [3.8, 4) is 22.8 Å². The number of anilines is 1. The second-order valence-electron chi connectivity index (χ2n) is 6.69. The van der Waals surface area contributed by atoms with Gasteiger partial charge in [-0.3, -0.25) is 9.59 Å². The lowest BCUT2D eigenvalue weighted by Crippen LogP contribution is -2.20. The lowest BCUT2D eigenvalue weighted by atomic mass is 10.1. The molecule has 0 unspecified atom stereocenters. The average Bonchev–Trinajstić information content (AvgIpc) is 3.25. The number of carbonyl (C=O) groups is 2. The van der Waals surface area contributed by atoms with Gasteiger partial charge in [0.15, 0.2) is 29.5 Å². The lowest BCUT2D eigenvalue weighted by Gasteiger charge is -2.12. The molecule has 0 bridgehead atoms. The summed E-state index contributed by atoms with van der Waals surface area (Å²) in [7, 11) is 1.48. The van der Waals surface area contributed by atoms with E-state index in [9.17, 15) is 9.59 Å². The molecule has 4 aromatic rings. The van der Waals surface area contributed by atoms with Gasteiger partial charge in [-0.25, -0.2) is 0 Å². The Labute approximate surface area is 177 Å². The molecule has 1 N–H and O–H groups in total. The molecule has 0 saturated heterocycles. The zero-order valence-electron chi connectivity index (χ0n) is 16.9. The molecule has 9 nitrogen and oxygen atoms in total. The molecule has 0 saturated carbocycles. The van der Waals surface area contributed by atoms with Gasteiger partial charge in [0.1, 0.15) is 6.33 Å². The van der Waals surface area contributed by atoms with Crippen molar-refractivity contribution in [3.63, 3.8) is 0 Å². The Hall–Kier alpha value is -4.27. The first-order valence-electron chi connectivity index (χ1n) is 9.42. The fourth-order valence-corrected chi connectivity index (χ4v) is 2.98. The third-order valence-electron chi connectivity index (χ3n) is 4.53. The maximum absolute atomic E-state index is 12.4. The minimum atomic E-state index is -0.336. The van der Waals surface area contributed by atoms with Crippen LogP contribution in [0.4, 0.5) is 5.69 Å². The van der Waals surface area contributed by atoms with Crippen molar-refractivity contribution in [1.29, 1.82) is 0 Å². The number of ether oxygens (including phenoxy) is 2. The van der Waals surface area contributed by atoms with Crippen LogP contribution in [-0.4, -0.2) is 45.2 Å². The van der Waals surface area contributed by atoms with E-state index in [4.69, 9.17) is 9.47 Å². The summed E-state index contributed by atoms with van der Waals surface area (Å²) in [4.78, 5) is 23.9. The zero-order chi connectivity index (χ0) is 21.8. The molecule has 0 fully saturated rings. The summed E-state index contributed by atoms with van der Waals surface area (Å²) >= 11 is 0. The van der Waals surface area contributed by atoms with Gasteiger partial charge in [-0.2, -0.15) is 9.61 Å². The first-order chi connectivity index (χ1) is 15.0. The van der Waals surface area contributed by atoms with Gasteiger partial charge < -0.3 is 14.8 Å². The molecule has 0 aliphatic carbocycles. The minimum Gasteiger partial charge on any atom is -0.493 e. The fraction of sp³-hybridized carbons (Fsp3) is 0.136. The summed E-state index contributed by atoms with van der Waals surface area (Å²) in [5.74, 6) is 0.346. The molecule has 2 aromatic carbocycles. The largest absolute Gasteiger partial charge is 0.493 e. The number of methoxy groups -OCH3 is 1. The molecule has 0 aliphatic rings. The van der Waals surface area contributed by atoms with Crippen molar-refractivity contribution in [2.45, 2.75) is 6.92 Å². The van der Waals surface area contributed by atoms with E-state index in [-0.39, 0.29) is 18.3 Å². The summed E-state index contributed by atoms with van der Waals surface area (Å²) in [6.07, 6.45) is 1.53. The molecule has 2 aromatic heterocycles. The van der Waals surface area contributed by atoms with Crippen LogP contribution in [0.3, 0.4) is 0 Å². The van der Waals surface area contributed by atoms with E-state index in [1.807, 2.05) is 30.3 Å². The van der Waals surface area contributed by atoms with Crippen LogP contribution in [0.5, 0.6) is 11.5 Å². The molecule has 1 amide bonds. The van der Waals surface area contributed by atoms with Crippen LogP contribution in [0.1, 0.15) is 17.3 Å². The fourth-order valence-electron chi connectivity index (χ4n) is 2.98. The van der Waals surface area contributed by atoms with Crippen molar-refractivity contribution < 1.29 is 19.1 Å². The van der Waals surface area contributed by atoms with Crippen LogP contribution in [-0.2, 0) is 4.79 Å². The molecule has 4 rings (SSSR count). The summed E-state index contributed by atoms with van der Waals surface area (Å²) in [6.45, 7) is 1.25. The van der Waals surface area contributed by atoms with Gasteiger partial charge in [0.05, 0.1) is 12.8 Å². The molecule has 9 heteroatoms. The Morgan fingerprint density at radius 3 is 2.74 bits per heavy atom. The molecule has 0 atom stereocenters. The van der Waals surface area contributed by atoms with E-state index >= 15 is 0 Å². The Morgan fingerprint density at radius 2 is 1.94 bits per heavy atom. The second-order valence-corrected chi connectivity index (χ2v) is 6.69. The van der Waals surface area contributed by atoms with Crippen molar-refractivity contribution in [3.05, 3.63) is 66.5 Å². The quantitative estimate of drug-likeness (QED) is 0.461.